The first kappa shape index (κ1) is 25.6. The summed E-state index contributed by atoms with van der Waals surface area (Å²) in [6.07, 6.45) is 7.79. The van der Waals surface area contributed by atoms with Gasteiger partial charge in [0.15, 0.2) is 5.69 Å². The fourth-order valence-electron chi connectivity index (χ4n) is 5.28. The van der Waals surface area contributed by atoms with Crippen molar-refractivity contribution in [3.05, 3.63) is 101 Å². The summed E-state index contributed by atoms with van der Waals surface area (Å²) in [6, 6.07) is 14.3. The Labute approximate surface area is 223 Å². The first-order valence-electron chi connectivity index (χ1n) is 13.1. The van der Waals surface area contributed by atoms with Gasteiger partial charge in [0.2, 0.25) is 0 Å². The van der Waals surface area contributed by atoms with E-state index in [1.807, 2.05) is 54.9 Å². The molecule has 3 heterocycles. The molecule has 1 aliphatic heterocycles. The normalized spacial score (nSPS) is 14.6. The number of benzene rings is 2. The van der Waals surface area contributed by atoms with Crippen LogP contribution in [-0.4, -0.2) is 51.4 Å². The van der Waals surface area contributed by atoms with E-state index in [9.17, 15) is 9.18 Å². The highest BCUT2D eigenvalue weighted by atomic mass is 19.1. The van der Waals surface area contributed by atoms with Gasteiger partial charge in [-0.1, -0.05) is 24.3 Å². The van der Waals surface area contributed by atoms with Crippen molar-refractivity contribution in [2.75, 3.05) is 20.1 Å². The molecule has 0 atom stereocenters. The van der Waals surface area contributed by atoms with Crippen LogP contribution in [0.15, 0.2) is 67.1 Å². The van der Waals surface area contributed by atoms with Crippen LogP contribution in [0.1, 0.15) is 54.1 Å². The molecule has 2 aromatic carbocycles. The van der Waals surface area contributed by atoms with E-state index in [0.29, 0.717) is 22.9 Å². The summed E-state index contributed by atoms with van der Waals surface area (Å²) >= 11 is 0. The number of hydrogen-bond acceptors (Lipinski definition) is 3. The highest BCUT2D eigenvalue weighted by Crippen LogP contribution is 2.36. The topological polar surface area (TPSA) is 45.7 Å². The molecule has 0 spiro atoms. The number of hydrogen-bond donors (Lipinski definition) is 0. The van der Waals surface area contributed by atoms with Crippen molar-refractivity contribution in [2.45, 2.75) is 45.2 Å². The zero-order chi connectivity index (χ0) is 26.8. The molecule has 0 saturated carbocycles. The molecule has 0 bridgehead atoms. The van der Waals surface area contributed by atoms with Gasteiger partial charge in [-0.15, -0.1) is 0 Å². The van der Waals surface area contributed by atoms with E-state index in [1.54, 1.807) is 24.2 Å². The molecule has 6 nitrogen and oxygen atoms in total. The van der Waals surface area contributed by atoms with E-state index in [2.05, 4.69) is 20.9 Å². The minimum Gasteiger partial charge on any atom is -0.339 e. The van der Waals surface area contributed by atoms with Crippen molar-refractivity contribution in [2.24, 2.45) is 0 Å². The van der Waals surface area contributed by atoms with Gasteiger partial charge in [-0.3, -0.25) is 14.7 Å². The summed E-state index contributed by atoms with van der Waals surface area (Å²) < 4.78 is 16.3. The minimum absolute atomic E-state index is 0.00644. The van der Waals surface area contributed by atoms with E-state index in [1.165, 1.54) is 23.3 Å². The standard InChI is InChI=1S/C31H32FN5O/c1-21(2)35(4)31(38)27-17-24(32)7-10-29(27)37-20-28(26-11-14-34-18-30(26)37)23-12-15-36(16-13-23)19-22-5-8-25(33-3)9-6-22/h5-11,14,17-18,20-21,23H,12-13,15-16,19H2,1-2,4H3. The van der Waals surface area contributed by atoms with Crippen molar-refractivity contribution in [1.82, 2.24) is 19.4 Å². The van der Waals surface area contributed by atoms with Crippen molar-refractivity contribution in [3.8, 4) is 5.69 Å². The molecule has 7 heteroatoms. The number of piperidine rings is 1. The summed E-state index contributed by atoms with van der Waals surface area (Å²) in [4.78, 5) is 25.2. The largest absolute Gasteiger partial charge is 0.339 e. The molecular formula is C31H32FN5O. The lowest BCUT2D eigenvalue weighted by Crippen LogP contribution is -2.33. The Bertz CT molecular complexity index is 1490. The molecule has 1 fully saturated rings. The maximum absolute atomic E-state index is 14.3. The van der Waals surface area contributed by atoms with Crippen LogP contribution in [-0.2, 0) is 6.54 Å². The fraction of sp³-hybridized carbons (Fsp3) is 0.323. The van der Waals surface area contributed by atoms with Gasteiger partial charge in [0.1, 0.15) is 5.82 Å². The third-order valence-corrected chi connectivity index (χ3v) is 7.68. The SMILES string of the molecule is [C-]#[N+]c1ccc(CN2CCC(c3cn(-c4ccc(F)cc4C(=O)N(C)C(C)C)c4cnccc34)CC2)cc1. The molecule has 1 aliphatic rings. The molecule has 5 rings (SSSR count). The molecular weight excluding hydrogens is 477 g/mol. The number of nitrogens with zero attached hydrogens (tertiary/aromatic N) is 5. The van der Waals surface area contributed by atoms with Gasteiger partial charge in [0.05, 0.1) is 29.5 Å². The smallest absolute Gasteiger partial charge is 0.256 e. The van der Waals surface area contributed by atoms with Crippen LogP contribution in [0.5, 0.6) is 0 Å². The van der Waals surface area contributed by atoms with Crippen LogP contribution in [0.4, 0.5) is 10.1 Å². The lowest BCUT2D eigenvalue weighted by atomic mass is 9.89. The average molecular weight is 510 g/mol. The predicted octanol–water partition coefficient (Wildman–Crippen LogP) is 6.58. The maximum Gasteiger partial charge on any atom is 0.256 e. The second-order valence-electron chi connectivity index (χ2n) is 10.3. The fourth-order valence-corrected chi connectivity index (χ4v) is 5.28. The van der Waals surface area contributed by atoms with E-state index in [0.717, 1.165) is 43.4 Å². The van der Waals surface area contributed by atoms with Gasteiger partial charge < -0.3 is 9.47 Å². The number of carbonyl (C=O) groups excluding carboxylic acids is 1. The van der Waals surface area contributed by atoms with E-state index in [4.69, 9.17) is 6.57 Å². The molecule has 0 unspecified atom stereocenters. The molecule has 0 radical (unpaired) electrons. The third kappa shape index (κ3) is 5.05. The van der Waals surface area contributed by atoms with Gasteiger partial charge in [0, 0.05) is 37.4 Å². The quantitative estimate of drug-likeness (QED) is 0.276. The summed E-state index contributed by atoms with van der Waals surface area (Å²) in [6.45, 7) is 13.9. The van der Waals surface area contributed by atoms with Crippen molar-refractivity contribution >= 4 is 22.5 Å². The van der Waals surface area contributed by atoms with Crippen LogP contribution >= 0.6 is 0 Å². The summed E-state index contributed by atoms with van der Waals surface area (Å²) in [5.41, 5.74) is 5.04. The van der Waals surface area contributed by atoms with Gasteiger partial charge in [-0.25, -0.2) is 9.24 Å². The maximum atomic E-state index is 14.3. The van der Waals surface area contributed by atoms with Crippen LogP contribution < -0.4 is 0 Å². The first-order chi connectivity index (χ1) is 18.4. The molecule has 4 aromatic rings. The Hall–Kier alpha value is -4.02. The van der Waals surface area contributed by atoms with Crippen LogP contribution in [0, 0.1) is 12.4 Å². The monoisotopic (exact) mass is 509 g/mol. The number of pyridine rings is 1. The summed E-state index contributed by atoms with van der Waals surface area (Å²) in [5, 5.41) is 1.12. The molecule has 38 heavy (non-hydrogen) atoms. The van der Waals surface area contributed by atoms with Crippen LogP contribution in [0.3, 0.4) is 0 Å². The van der Waals surface area contributed by atoms with Crippen molar-refractivity contribution in [3.63, 3.8) is 0 Å². The first-order valence-corrected chi connectivity index (χ1v) is 13.1. The highest BCUT2D eigenvalue weighted by Gasteiger charge is 2.26. The zero-order valence-electron chi connectivity index (χ0n) is 22.1. The summed E-state index contributed by atoms with van der Waals surface area (Å²) in [7, 11) is 1.75. The molecule has 0 aliphatic carbocycles. The minimum atomic E-state index is -0.430. The van der Waals surface area contributed by atoms with Crippen molar-refractivity contribution < 1.29 is 9.18 Å². The van der Waals surface area contributed by atoms with Gasteiger partial charge in [-0.05, 0) is 81.1 Å². The van der Waals surface area contributed by atoms with Crippen molar-refractivity contribution in [1.29, 1.82) is 0 Å². The Morgan fingerprint density at radius 2 is 1.89 bits per heavy atom. The van der Waals surface area contributed by atoms with Crippen LogP contribution in [0.2, 0.25) is 0 Å². The third-order valence-electron chi connectivity index (χ3n) is 7.68. The second kappa shape index (κ2) is 10.8. The average Bonchev–Trinajstić information content (AvgIpc) is 3.32. The molecule has 0 N–H and O–H groups in total. The van der Waals surface area contributed by atoms with Gasteiger partial charge in [-0.2, -0.15) is 0 Å². The predicted molar refractivity (Wildman–Crippen MR) is 148 cm³/mol. The molecule has 1 saturated heterocycles. The Morgan fingerprint density at radius 3 is 2.58 bits per heavy atom. The second-order valence-corrected chi connectivity index (χ2v) is 10.3. The Kier molecular flexibility index (Phi) is 7.26. The number of likely N-dealkylation sites (tertiary alicyclic amines) is 1. The molecule has 1 amide bonds. The number of amides is 1. The van der Waals surface area contributed by atoms with E-state index >= 15 is 0 Å². The highest BCUT2D eigenvalue weighted by molar-refractivity contribution is 5.99. The number of rotatable bonds is 6. The Morgan fingerprint density at radius 1 is 1.16 bits per heavy atom. The lowest BCUT2D eigenvalue weighted by Gasteiger charge is -2.32. The zero-order valence-corrected chi connectivity index (χ0v) is 22.1. The number of fused-ring (bicyclic) bond motifs is 1. The van der Waals surface area contributed by atoms with E-state index in [-0.39, 0.29) is 11.9 Å². The lowest BCUT2D eigenvalue weighted by molar-refractivity contribution is 0.0754. The van der Waals surface area contributed by atoms with Gasteiger partial charge in [0.25, 0.3) is 5.91 Å². The van der Waals surface area contributed by atoms with Crippen LogP contribution in [0.25, 0.3) is 21.4 Å². The number of halogens is 1. The molecule has 2 aromatic heterocycles. The summed E-state index contributed by atoms with van der Waals surface area (Å²) in [5.74, 6) is -0.264. The number of carbonyl (C=O) groups is 1. The Balaban J connectivity index is 1.43. The van der Waals surface area contributed by atoms with E-state index < -0.39 is 5.82 Å². The van der Waals surface area contributed by atoms with Gasteiger partial charge >= 0.3 is 0 Å². The number of aromatic nitrogens is 2. The molecule has 194 valence electrons.